The number of rotatable bonds is 4. The van der Waals surface area contributed by atoms with Crippen molar-refractivity contribution in [1.29, 1.82) is 0 Å². The molecule has 0 fully saturated rings. The van der Waals surface area contributed by atoms with Crippen LogP contribution in [-0.2, 0) is 4.74 Å². The van der Waals surface area contributed by atoms with E-state index < -0.39 is 0 Å². The molecule has 0 aromatic heterocycles. The molecule has 0 amide bonds. The molecule has 0 saturated heterocycles. The van der Waals surface area contributed by atoms with Crippen molar-refractivity contribution in [3.8, 4) is 0 Å². The number of carbonyl (C=O) groups is 1. The second kappa shape index (κ2) is 10.6. The molecule has 0 heterocycles. The van der Waals surface area contributed by atoms with Gasteiger partial charge in [-0.05, 0) is 24.5 Å². The van der Waals surface area contributed by atoms with Gasteiger partial charge in [-0.3, -0.25) is 0 Å². The molecule has 17 heavy (non-hydrogen) atoms. The van der Waals surface area contributed by atoms with Gasteiger partial charge in [-0.2, -0.15) is 0 Å². The van der Waals surface area contributed by atoms with Crippen molar-refractivity contribution in [2.45, 2.75) is 30.1 Å². The predicted molar refractivity (Wildman–Crippen MR) is 73.7 cm³/mol. The van der Waals surface area contributed by atoms with Gasteiger partial charge in [0.1, 0.15) is 0 Å². The van der Waals surface area contributed by atoms with Crippen LogP contribution in [-0.4, -0.2) is 33.7 Å². The van der Waals surface area contributed by atoms with Gasteiger partial charge in [0.2, 0.25) is 0 Å². The Hall–Kier alpha value is -0.511. The molecule has 0 N–H and O–H groups in total. The minimum absolute atomic E-state index is 0.230. The molecule has 2 nitrogen and oxygen atoms in total. The second-order valence-corrected chi connectivity index (χ2v) is 7.04. The SMILES string of the molecule is CC(C)CCOC(=O)c1ccccc1.[CH3][Sn][CH3]. The molecule has 2 radical (unpaired) electrons. The summed E-state index contributed by atoms with van der Waals surface area (Å²) in [6, 6.07) is 9.07. The van der Waals surface area contributed by atoms with Gasteiger partial charge >= 0.3 is 37.0 Å². The van der Waals surface area contributed by atoms with E-state index in [1.807, 2.05) is 18.2 Å². The summed E-state index contributed by atoms with van der Waals surface area (Å²) < 4.78 is 5.10. The Bertz CT molecular complexity index is 296. The van der Waals surface area contributed by atoms with Crippen LogP contribution in [0, 0.1) is 5.92 Å². The first-order valence-electron chi connectivity index (χ1n) is 5.92. The van der Waals surface area contributed by atoms with E-state index >= 15 is 0 Å². The molecule has 0 bridgehead atoms. The fourth-order valence-electron chi connectivity index (χ4n) is 1.04. The van der Waals surface area contributed by atoms with Crippen LogP contribution in [0.2, 0.25) is 9.88 Å². The summed E-state index contributed by atoms with van der Waals surface area (Å²) in [5.41, 5.74) is 0.622. The predicted octanol–water partition coefficient (Wildman–Crippen LogP) is 3.68. The zero-order valence-corrected chi connectivity index (χ0v) is 14.0. The molecule has 0 saturated carbocycles. The minimum atomic E-state index is -0.230. The molecular weight excluding hydrogens is 319 g/mol. The second-order valence-electron chi connectivity index (χ2n) is 4.18. The Labute approximate surface area is 115 Å². The molecule has 0 unspecified atom stereocenters. The van der Waals surface area contributed by atoms with Gasteiger partial charge in [0, 0.05) is 0 Å². The molecule has 1 aromatic carbocycles. The van der Waals surface area contributed by atoms with Crippen molar-refractivity contribution in [3.63, 3.8) is 0 Å². The van der Waals surface area contributed by atoms with Crippen LogP contribution in [0.25, 0.3) is 0 Å². The molecule has 94 valence electrons. The van der Waals surface area contributed by atoms with E-state index in [2.05, 4.69) is 23.7 Å². The quantitative estimate of drug-likeness (QED) is 0.617. The van der Waals surface area contributed by atoms with E-state index in [9.17, 15) is 4.79 Å². The van der Waals surface area contributed by atoms with E-state index in [4.69, 9.17) is 4.74 Å². The molecule has 0 spiro atoms. The van der Waals surface area contributed by atoms with Crippen LogP contribution in [0.5, 0.6) is 0 Å². The maximum absolute atomic E-state index is 11.4. The van der Waals surface area contributed by atoms with Crippen LogP contribution < -0.4 is 0 Å². The average molecular weight is 341 g/mol. The van der Waals surface area contributed by atoms with Crippen LogP contribution in [0.3, 0.4) is 0 Å². The van der Waals surface area contributed by atoms with Crippen molar-refractivity contribution in [2.24, 2.45) is 5.92 Å². The van der Waals surface area contributed by atoms with Crippen molar-refractivity contribution in [2.75, 3.05) is 6.61 Å². The third kappa shape index (κ3) is 9.21. The molecule has 1 rings (SSSR count). The van der Waals surface area contributed by atoms with Gasteiger partial charge in [-0.25, -0.2) is 4.79 Å². The van der Waals surface area contributed by atoms with E-state index in [0.29, 0.717) is 18.1 Å². The molecule has 0 aliphatic rings. The number of esters is 1. The number of hydrogen-bond donors (Lipinski definition) is 0. The van der Waals surface area contributed by atoms with Crippen LogP contribution in [0.15, 0.2) is 30.3 Å². The van der Waals surface area contributed by atoms with Gasteiger partial charge in [0.15, 0.2) is 0 Å². The zero-order valence-electron chi connectivity index (χ0n) is 11.2. The van der Waals surface area contributed by atoms with Crippen LogP contribution in [0.4, 0.5) is 0 Å². The van der Waals surface area contributed by atoms with E-state index in [0.717, 1.165) is 6.42 Å². The summed E-state index contributed by atoms with van der Waals surface area (Å²) >= 11 is 0.230. The Kier molecular flexibility index (Phi) is 10.3. The summed E-state index contributed by atoms with van der Waals surface area (Å²) in [6.45, 7) is 4.72. The van der Waals surface area contributed by atoms with Crippen molar-refractivity contribution >= 4 is 27.1 Å². The Morgan fingerprint density at radius 1 is 1.24 bits per heavy atom. The monoisotopic (exact) mass is 342 g/mol. The first-order valence-corrected chi connectivity index (χ1v) is 11.6. The summed E-state index contributed by atoms with van der Waals surface area (Å²) in [7, 11) is 0. The number of benzene rings is 1. The molecule has 0 aliphatic heterocycles. The van der Waals surface area contributed by atoms with Crippen molar-refractivity contribution in [3.05, 3.63) is 35.9 Å². The number of hydrogen-bond acceptors (Lipinski definition) is 2. The van der Waals surface area contributed by atoms with E-state index in [1.54, 1.807) is 12.1 Å². The Morgan fingerprint density at radius 3 is 2.24 bits per heavy atom. The van der Waals surface area contributed by atoms with Gasteiger partial charge in [0.25, 0.3) is 0 Å². The summed E-state index contributed by atoms with van der Waals surface area (Å²) in [5, 5.41) is 0. The fraction of sp³-hybridized carbons (Fsp3) is 0.500. The van der Waals surface area contributed by atoms with Gasteiger partial charge in [0.05, 0.1) is 12.2 Å². The first kappa shape index (κ1) is 16.5. The topological polar surface area (TPSA) is 26.3 Å². The normalized spacial score (nSPS) is 9.47. The van der Waals surface area contributed by atoms with Crippen LogP contribution in [0.1, 0.15) is 30.6 Å². The van der Waals surface area contributed by atoms with Gasteiger partial charge < -0.3 is 4.74 Å². The summed E-state index contributed by atoms with van der Waals surface area (Å²) in [5.74, 6) is 0.338. The van der Waals surface area contributed by atoms with Crippen molar-refractivity contribution < 1.29 is 9.53 Å². The van der Waals surface area contributed by atoms with E-state index in [1.165, 1.54) is 0 Å². The molecule has 0 atom stereocenters. The molecule has 0 aliphatic carbocycles. The van der Waals surface area contributed by atoms with Crippen LogP contribution >= 0.6 is 0 Å². The molecule has 3 heteroatoms. The maximum atomic E-state index is 11.4. The Morgan fingerprint density at radius 2 is 1.76 bits per heavy atom. The fourth-order valence-corrected chi connectivity index (χ4v) is 1.04. The van der Waals surface area contributed by atoms with Crippen molar-refractivity contribution in [1.82, 2.24) is 0 Å². The standard InChI is InChI=1S/C12H16O2.2CH3.Sn/c1-10(2)8-9-14-12(13)11-6-4-3-5-7-11;;;/h3-7,10H,8-9H2,1-2H3;2*1H3;. The number of carbonyl (C=O) groups excluding carboxylic acids is 1. The van der Waals surface area contributed by atoms with Gasteiger partial charge in [-0.15, -0.1) is 0 Å². The number of ether oxygens (including phenoxy) is 1. The zero-order chi connectivity index (χ0) is 13.1. The molecular formula is C14H22O2Sn. The van der Waals surface area contributed by atoms with Gasteiger partial charge in [-0.1, -0.05) is 32.0 Å². The van der Waals surface area contributed by atoms with E-state index in [-0.39, 0.29) is 27.1 Å². The summed E-state index contributed by atoms with van der Waals surface area (Å²) in [6.07, 6.45) is 0.915. The Balaban J connectivity index is 0.000000770. The summed E-state index contributed by atoms with van der Waals surface area (Å²) in [4.78, 5) is 16.0. The third-order valence-corrected chi connectivity index (χ3v) is 1.94. The first-order chi connectivity index (χ1) is 8.11. The molecule has 1 aromatic rings. The third-order valence-electron chi connectivity index (χ3n) is 1.94. The average Bonchev–Trinajstić information content (AvgIpc) is 2.30.